The van der Waals surface area contributed by atoms with Gasteiger partial charge in [0.15, 0.2) is 0 Å². The maximum atomic E-state index is 12.2. The molecule has 0 fully saturated rings. The Morgan fingerprint density at radius 2 is 1.67 bits per heavy atom. The molecule has 0 heterocycles. The molecule has 0 amide bonds. The first-order valence-corrected chi connectivity index (χ1v) is 4.20. The molecular formula is C8H5ClF6. The molecule has 0 bridgehead atoms. The SMILES string of the molecule is FC(F)(F)C1=CC(C(F)(F)F)CC(Cl)=C1. The number of hydrogen-bond donors (Lipinski definition) is 0. The molecule has 0 saturated heterocycles. The largest absolute Gasteiger partial charge is 0.416 e. The van der Waals surface area contributed by atoms with Crippen LogP contribution in [-0.4, -0.2) is 12.4 Å². The fourth-order valence-electron chi connectivity index (χ4n) is 1.15. The van der Waals surface area contributed by atoms with Gasteiger partial charge in [-0.3, -0.25) is 0 Å². The lowest BCUT2D eigenvalue weighted by Crippen LogP contribution is -2.25. The molecule has 1 rings (SSSR count). The van der Waals surface area contributed by atoms with Crippen LogP contribution in [0.25, 0.3) is 0 Å². The zero-order valence-corrected chi connectivity index (χ0v) is 7.84. The maximum Gasteiger partial charge on any atom is 0.416 e. The van der Waals surface area contributed by atoms with E-state index in [0.29, 0.717) is 6.08 Å². The fourth-order valence-corrected chi connectivity index (χ4v) is 1.43. The van der Waals surface area contributed by atoms with Crippen LogP contribution in [0.15, 0.2) is 22.8 Å². The van der Waals surface area contributed by atoms with Crippen molar-refractivity contribution >= 4 is 11.6 Å². The van der Waals surface area contributed by atoms with Crippen molar-refractivity contribution in [1.82, 2.24) is 0 Å². The molecule has 1 atom stereocenters. The summed E-state index contributed by atoms with van der Waals surface area (Å²) in [7, 11) is 0. The van der Waals surface area contributed by atoms with E-state index in [2.05, 4.69) is 0 Å². The topological polar surface area (TPSA) is 0 Å². The Kier molecular flexibility index (Phi) is 3.09. The summed E-state index contributed by atoms with van der Waals surface area (Å²) < 4.78 is 72.9. The van der Waals surface area contributed by atoms with Crippen LogP contribution >= 0.6 is 11.6 Å². The Labute approximate surface area is 86.2 Å². The third kappa shape index (κ3) is 3.15. The minimum Gasteiger partial charge on any atom is -0.170 e. The van der Waals surface area contributed by atoms with Crippen molar-refractivity contribution < 1.29 is 26.3 Å². The van der Waals surface area contributed by atoms with E-state index in [1.54, 1.807) is 0 Å². The Hall–Kier alpha value is -0.650. The monoisotopic (exact) mass is 250 g/mol. The molecule has 1 aliphatic carbocycles. The second-order valence-corrected chi connectivity index (χ2v) is 3.55. The minimum atomic E-state index is -4.80. The fraction of sp³-hybridized carbons (Fsp3) is 0.500. The van der Waals surface area contributed by atoms with Crippen LogP contribution in [0.3, 0.4) is 0 Å². The highest BCUT2D eigenvalue weighted by molar-refractivity contribution is 6.29. The normalized spacial score (nSPS) is 23.5. The molecule has 0 N–H and O–H groups in total. The third-order valence-electron chi connectivity index (χ3n) is 1.86. The summed E-state index contributed by atoms with van der Waals surface area (Å²) in [6, 6.07) is 0. The molecule has 0 spiro atoms. The van der Waals surface area contributed by atoms with Gasteiger partial charge in [0.05, 0.1) is 11.5 Å². The molecule has 0 saturated carbocycles. The molecule has 86 valence electrons. The van der Waals surface area contributed by atoms with Crippen LogP contribution in [-0.2, 0) is 0 Å². The summed E-state index contributed by atoms with van der Waals surface area (Å²) in [6.45, 7) is 0. The molecule has 0 aromatic rings. The predicted octanol–water partition coefficient (Wildman–Crippen LogP) is 4.18. The van der Waals surface area contributed by atoms with E-state index >= 15 is 0 Å². The van der Waals surface area contributed by atoms with Crippen molar-refractivity contribution in [2.24, 2.45) is 5.92 Å². The van der Waals surface area contributed by atoms with Crippen LogP contribution in [0.2, 0.25) is 0 Å². The van der Waals surface area contributed by atoms with E-state index in [1.165, 1.54) is 0 Å². The molecule has 0 aromatic carbocycles. The van der Waals surface area contributed by atoms with Crippen molar-refractivity contribution in [1.29, 1.82) is 0 Å². The lowest BCUT2D eigenvalue weighted by atomic mass is 9.95. The second-order valence-electron chi connectivity index (χ2n) is 3.06. The van der Waals surface area contributed by atoms with Crippen LogP contribution in [0.1, 0.15) is 6.42 Å². The highest BCUT2D eigenvalue weighted by Gasteiger charge is 2.43. The van der Waals surface area contributed by atoms with Gasteiger partial charge in [-0.2, -0.15) is 26.3 Å². The summed E-state index contributed by atoms with van der Waals surface area (Å²) in [5.41, 5.74) is -1.35. The smallest absolute Gasteiger partial charge is 0.170 e. The molecule has 0 aliphatic heterocycles. The summed E-state index contributed by atoms with van der Waals surface area (Å²) in [6.07, 6.45) is -9.46. The zero-order chi connectivity index (χ0) is 11.9. The Balaban J connectivity index is 3.02. The average Bonchev–Trinajstić information content (AvgIpc) is 1.99. The molecular weight excluding hydrogens is 246 g/mol. The first-order chi connectivity index (χ1) is 6.60. The number of hydrogen-bond acceptors (Lipinski definition) is 0. The van der Waals surface area contributed by atoms with Crippen molar-refractivity contribution in [2.45, 2.75) is 18.8 Å². The van der Waals surface area contributed by atoms with Gasteiger partial charge in [-0.05, 0) is 12.5 Å². The standard InChI is InChI=1S/C8H5ClF6/c9-6-2-4(7(10,11)12)1-5(3-6)8(13,14)15/h1-2,5H,3H2. The predicted molar refractivity (Wildman–Crippen MR) is 42.2 cm³/mol. The lowest BCUT2D eigenvalue weighted by molar-refractivity contribution is -0.162. The van der Waals surface area contributed by atoms with Gasteiger partial charge in [0, 0.05) is 5.03 Å². The van der Waals surface area contributed by atoms with Gasteiger partial charge >= 0.3 is 12.4 Å². The summed E-state index contributed by atoms with van der Waals surface area (Å²) in [4.78, 5) is 0. The van der Waals surface area contributed by atoms with Crippen molar-refractivity contribution in [2.75, 3.05) is 0 Å². The van der Waals surface area contributed by atoms with Crippen LogP contribution in [0.5, 0.6) is 0 Å². The minimum absolute atomic E-state index is 0.159. The lowest BCUT2D eigenvalue weighted by Gasteiger charge is -2.22. The molecule has 0 nitrogen and oxygen atoms in total. The van der Waals surface area contributed by atoms with Gasteiger partial charge in [0.2, 0.25) is 0 Å². The molecule has 0 radical (unpaired) electrons. The maximum absolute atomic E-state index is 12.2. The highest BCUT2D eigenvalue weighted by Crippen LogP contribution is 2.41. The van der Waals surface area contributed by atoms with Gasteiger partial charge in [0.25, 0.3) is 0 Å². The summed E-state index contributed by atoms with van der Waals surface area (Å²) >= 11 is 5.24. The van der Waals surface area contributed by atoms with Gasteiger partial charge in [0.1, 0.15) is 0 Å². The quantitative estimate of drug-likeness (QED) is 0.566. The van der Waals surface area contributed by atoms with Gasteiger partial charge < -0.3 is 0 Å². The zero-order valence-electron chi connectivity index (χ0n) is 7.08. The van der Waals surface area contributed by atoms with E-state index in [4.69, 9.17) is 11.6 Å². The van der Waals surface area contributed by atoms with Gasteiger partial charge in [-0.1, -0.05) is 17.7 Å². The summed E-state index contributed by atoms with van der Waals surface area (Å²) in [5.74, 6) is -2.16. The summed E-state index contributed by atoms with van der Waals surface area (Å²) in [5, 5.41) is -0.438. The molecule has 7 heteroatoms. The number of halogens is 7. The second kappa shape index (κ2) is 3.73. The van der Waals surface area contributed by atoms with Gasteiger partial charge in [-0.15, -0.1) is 0 Å². The van der Waals surface area contributed by atoms with E-state index in [1.807, 2.05) is 0 Å². The van der Waals surface area contributed by atoms with Crippen LogP contribution in [0.4, 0.5) is 26.3 Å². The number of allylic oxidation sites excluding steroid dienone is 4. The van der Waals surface area contributed by atoms with E-state index in [0.717, 1.165) is 0 Å². The van der Waals surface area contributed by atoms with Crippen molar-refractivity contribution in [3.05, 3.63) is 22.8 Å². The van der Waals surface area contributed by atoms with Crippen LogP contribution in [0, 0.1) is 5.92 Å². The molecule has 0 aromatic heterocycles. The highest BCUT2D eigenvalue weighted by atomic mass is 35.5. The Morgan fingerprint density at radius 3 is 2.07 bits per heavy atom. The number of rotatable bonds is 0. The first kappa shape index (κ1) is 12.4. The molecule has 15 heavy (non-hydrogen) atoms. The Bertz CT molecular complexity index is 308. The Morgan fingerprint density at radius 1 is 1.13 bits per heavy atom. The van der Waals surface area contributed by atoms with E-state index < -0.39 is 35.3 Å². The van der Waals surface area contributed by atoms with Gasteiger partial charge in [-0.25, -0.2) is 0 Å². The van der Waals surface area contributed by atoms with Crippen LogP contribution < -0.4 is 0 Å². The first-order valence-electron chi connectivity index (χ1n) is 3.82. The average molecular weight is 251 g/mol. The third-order valence-corrected chi connectivity index (χ3v) is 2.12. The number of alkyl halides is 6. The van der Waals surface area contributed by atoms with E-state index in [-0.39, 0.29) is 6.08 Å². The van der Waals surface area contributed by atoms with E-state index in [9.17, 15) is 26.3 Å². The molecule has 1 aliphatic rings. The van der Waals surface area contributed by atoms with Crippen molar-refractivity contribution in [3.63, 3.8) is 0 Å². The van der Waals surface area contributed by atoms with Crippen molar-refractivity contribution in [3.8, 4) is 0 Å². The molecule has 1 unspecified atom stereocenters.